The Morgan fingerprint density at radius 3 is 2.47 bits per heavy atom. The van der Waals surface area contributed by atoms with Crippen molar-refractivity contribution in [2.75, 3.05) is 12.4 Å². The van der Waals surface area contributed by atoms with Gasteiger partial charge in [-0.15, -0.1) is 0 Å². The lowest BCUT2D eigenvalue weighted by Crippen LogP contribution is -2.07. The molecule has 3 nitrogen and oxygen atoms in total. The van der Waals surface area contributed by atoms with Crippen LogP contribution in [0.25, 0.3) is 0 Å². The third-order valence-electron chi connectivity index (χ3n) is 1.96. The fourth-order valence-electron chi connectivity index (χ4n) is 1.23. The van der Waals surface area contributed by atoms with E-state index in [0.29, 0.717) is 10.5 Å². The van der Waals surface area contributed by atoms with Gasteiger partial charge in [0.25, 0.3) is 0 Å². The minimum absolute atomic E-state index is 0.0441. The molecule has 0 heterocycles. The summed E-state index contributed by atoms with van der Waals surface area (Å²) in [5.41, 5.74) is 0.654. The van der Waals surface area contributed by atoms with Crippen molar-refractivity contribution in [1.82, 2.24) is 0 Å². The molecule has 0 aliphatic heterocycles. The third-order valence-corrected chi connectivity index (χ3v) is 3.79. The van der Waals surface area contributed by atoms with Crippen molar-refractivity contribution in [2.45, 2.75) is 11.8 Å². The standard InChI is InChI=1S/C11H14O3S/c1-10(7-8-12)9-15(13,14)11-5-3-2-4-6-11/h2-7,12H,8-9H2,1H3/b10-7+. The normalized spacial score (nSPS) is 12.8. The monoisotopic (exact) mass is 226 g/mol. The first kappa shape index (κ1) is 11.9. The zero-order valence-electron chi connectivity index (χ0n) is 8.55. The van der Waals surface area contributed by atoms with Gasteiger partial charge in [0.1, 0.15) is 0 Å². The van der Waals surface area contributed by atoms with Crippen LogP contribution in [-0.4, -0.2) is 25.9 Å². The van der Waals surface area contributed by atoms with Crippen LogP contribution >= 0.6 is 0 Å². The Hall–Kier alpha value is -1.13. The smallest absolute Gasteiger partial charge is 0.182 e. The second-order valence-electron chi connectivity index (χ2n) is 3.31. The van der Waals surface area contributed by atoms with Gasteiger partial charge in [-0.05, 0) is 19.1 Å². The van der Waals surface area contributed by atoms with E-state index < -0.39 is 9.84 Å². The van der Waals surface area contributed by atoms with E-state index in [-0.39, 0.29) is 12.4 Å². The first-order chi connectivity index (χ1) is 7.06. The van der Waals surface area contributed by atoms with Crippen molar-refractivity contribution in [3.8, 4) is 0 Å². The molecule has 0 radical (unpaired) electrons. The number of hydrogen-bond donors (Lipinski definition) is 1. The third kappa shape index (κ3) is 3.49. The van der Waals surface area contributed by atoms with Gasteiger partial charge in [0.15, 0.2) is 9.84 Å². The molecule has 0 aliphatic carbocycles. The van der Waals surface area contributed by atoms with Crippen LogP contribution in [0.15, 0.2) is 46.9 Å². The van der Waals surface area contributed by atoms with Gasteiger partial charge in [0.05, 0.1) is 17.3 Å². The lowest BCUT2D eigenvalue weighted by molar-refractivity contribution is 0.342. The number of rotatable bonds is 4. The molecule has 15 heavy (non-hydrogen) atoms. The van der Waals surface area contributed by atoms with E-state index in [2.05, 4.69) is 0 Å². The van der Waals surface area contributed by atoms with Gasteiger partial charge in [-0.3, -0.25) is 0 Å². The summed E-state index contributed by atoms with van der Waals surface area (Å²) in [5, 5.41) is 8.63. The van der Waals surface area contributed by atoms with Gasteiger partial charge < -0.3 is 5.11 Å². The summed E-state index contributed by atoms with van der Waals surface area (Å²) in [5.74, 6) is -0.0441. The maximum atomic E-state index is 11.8. The fourth-order valence-corrected chi connectivity index (χ4v) is 2.68. The van der Waals surface area contributed by atoms with E-state index in [4.69, 9.17) is 5.11 Å². The lowest BCUT2D eigenvalue weighted by Gasteiger charge is -2.04. The molecule has 0 aliphatic rings. The predicted octanol–water partition coefficient (Wildman–Crippen LogP) is 1.40. The van der Waals surface area contributed by atoms with Crippen molar-refractivity contribution in [3.05, 3.63) is 42.0 Å². The van der Waals surface area contributed by atoms with Crippen LogP contribution in [0.2, 0.25) is 0 Å². The molecule has 0 unspecified atom stereocenters. The molecule has 1 aromatic carbocycles. The minimum Gasteiger partial charge on any atom is -0.392 e. The molecule has 0 amide bonds. The Morgan fingerprint density at radius 2 is 1.93 bits per heavy atom. The van der Waals surface area contributed by atoms with Crippen LogP contribution in [0.5, 0.6) is 0 Å². The van der Waals surface area contributed by atoms with Gasteiger partial charge in [0.2, 0.25) is 0 Å². The molecule has 0 spiro atoms. The Bertz CT molecular complexity index is 432. The van der Waals surface area contributed by atoms with E-state index in [1.165, 1.54) is 6.08 Å². The van der Waals surface area contributed by atoms with Crippen molar-refractivity contribution in [1.29, 1.82) is 0 Å². The van der Waals surface area contributed by atoms with E-state index in [9.17, 15) is 8.42 Å². The SMILES string of the molecule is C/C(=C\CO)CS(=O)(=O)c1ccccc1. The number of aliphatic hydroxyl groups is 1. The highest BCUT2D eigenvalue weighted by molar-refractivity contribution is 7.91. The van der Waals surface area contributed by atoms with E-state index in [0.717, 1.165) is 0 Å². The predicted molar refractivity (Wildman–Crippen MR) is 59.3 cm³/mol. The van der Waals surface area contributed by atoms with Crippen molar-refractivity contribution in [2.24, 2.45) is 0 Å². The molecule has 0 saturated carbocycles. The van der Waals surface area contributed by atoms with Crippen molar-refractivity contribution < 1.29 is 13.5 Å². The van der Waals surface area contributed by atoms with Crippen LogP contribution in [0, 0.1) is 0 Å². The molecular formula is C11H14O3S. The molecule has 0 bridgehead atoms. The number of benzene rings is 1. The van der Waals surface area contributed by atoms with E-state index >= 15 is 0 Å². The lowest BCUT2D eigenvalue weighted by atomic mass is 10.3. The van der Waals surface area contributed by atoms with Crippen molar-refractivity contribution >= 4 is 9.84 Å². The van der Waals surface area contributed by atoms with Crippen molar-refractivity contribution in [3.63, 3.8) is 0 Å². The first-order valence-corrected chi connectivity index (χ1v) is 6.26. The first-order valence-electron chi connectivity index (χ1n) is 4.60. The second-order valence-corrected chi connectivity index (χ2v) is 5.29. The molecule has 1 N–H and O–H groups in total. The molecule has 0 aromatic heterocycles. The molecule has 82 valence electrons. The van der Waals surface area contributed by atoms with Crippen LogP contribution < -0.4 is 0 Å². The maximum absolute atomic E-state index is 11.8. The van der Waals surface area contributed by atoms with Gasteiger partial charge in [0, 0.05) is 0 Å². The van der Waals surface area contributed by atoms with Crippen LogP contribution in [0.3, 0.4) is 0 Å². The Balaban J connectivity index is 2.91. The van der Waals surface area contributed by atoms with Gasteiger partial charge in [-0.1, -0.05) is 29.8 Å². The number of sulfone groups is 1. The maximum Gasteiger partial charge on any atom is 0.182 e. The Morgan fingerprint density at radius 1 is 1.33 bits per heavy atom. The van der Waals surface area contributed by atoms with E-state index in [1.54, 1.807) is 37.3 Å². The Labute approximate surface area is 90.0 Å². The van der Waals surface area contributed by atoms with Crippen LogP contribution in [0.4, 0.5) is 0 Å². The summed E-state index contributed by atoms with van der Waals surface area (Å²) in [7, 11) is -3.26. The molecule has 0 fully saturated rings. The van der Waals surface area contributed by atoms with Gasteiger partial charge in [-0.2, -0.15) is 0 Å². The molecule has 1 rings (SSSR count). The fraction of sp³-hybridized carbons (Fsp3) is 0.273. The average molecular weight is 226 g/mol. The summed E-state index contributed by atoms with van der Waals surface area (Å²) in [6, 6.07) is 8.30. The highest BCUT2D eigenvalue weighted by Crippen LogP contribution is 2.12. The number of aliphatic hydroxyl groups excluding tert-OH is 1. The topological polar surface area (TPSA) is 54.4 Å². The van der Waals surface area contributed by atoms with Gasteiger partial charge >= 0.3 is 0 Å². The highest BCUT2D eigenvalue weighted by atomic mass is 32.2. The Kier molecular flexibility index (Phi) is 4.05. The molecule has 4 heteroatoms. The van der Waals surface area contributed by atoms with Gasteiger partial charge in [-0.25, -0.2) is 8.42 Å². The van der Waals surface area contributed by atoms with Crippen LogP contribution in [-0.2, 0) is 9.84 Å². The molecule has 1 aromatic rings. The zero-order valence-corrected chi connectivity index (χ0v) is 9.37. The largest absolute Gasteiger partial charge is 0.392 e. The minimum atomic E-state index is -3.26. The summed E-state index contributed by atoms with van der Waals surface area (Å²) < 4.78 is 23.6. The zero-order chi connectivity index (χ0) is 11.3. The molecule has 0 saturated heterocycles. The average Bonchev–Trinajstić information content (AvgIpc) is 2.18. The van der Waals surface area contributed by atoms with Crippen LogP contribution in [0.1, 0.15) is 6.92 Å². The quantitative estimate of drug-likeness (QED) is 0.789. The summed E-state index contributed by atoms with van der Waals surface area (Å²) in [4.78, 5) is 0.315. The number of hydrogen-bond acceptors (Lipinski definition) is 3. The molecular weight excluding hydrogens is 212 g/mol. The van der Waals surface area contributed by atoms with E-state index in [1.807, 2.05) is 0 Å². The summed E-state index contributed by atoms with van der Waals surface area (Å²) >= 11 is 0. The summed E-state index contributed by atoms with van der Waals surface area (Å²) in [6.45, 7) is 1.56. The summed E-state index contributed by atoms with van der Waals surface area (Å²) in [6.07, 6.45) is 1.50. The highest BCUT2D eigenvalue weighted by Gasteiger charge is 2.13. The molecule has 0 atom stereocenters. The second kappa shape index (κ2) is 5.09.